The number of rotatable bonds is 7. The summed E-state index contributed by atoms with van der Waals surface area (Å²) in [5.74, 6) is 0.731. The van der Waals surface area contributed by atoms with E-state index in [1.54, 1.807) is 6.08 Å². The Balaban J connectivity index is 1.91. The third-order valence-corrected chi connectivity index (χ3v) is 5.32. The number of aryl methyl sites for hydroxylation is 1. The summed E-state index contributed by atoms with van der Waals surface area (Å²) < 4.78 is 7.48. The van der Waals surface area contributed by atoms with Crippen molar-refractivity contribution in [1.29, 1.82) is 0 Å². The molecule has 1 saturated heterocycles. The van der Waals surface area contributed by atoms with Crippen LogP contribution in [0.4, 0.5) is 5.95 Å². The van der Waals surface area contributed by atoms with Gasteiger partial charge >= 0.3 is 0 Å². The maximum absolute atomic E-state index is 12.2. The molecule has 1 unspecified atom stereocenters. The molecular weight excluding hydrogens is 362 g/mol. The van der Waals surface area contributed by atoms with Crippen LogP contribution in [0.5, 0.6) is 0 Å². The van der Waals surface area contributed by atoms with Crippen LogP contribution in [-0.2, 0) is 9.53 Å². The maximum atomic E-state index is 12.2. The van der Waals surface area contributed by atoms with Gasteiger partial charge in [-0.2, -0.15) is 0 Å². The lowest BCUT2D eigenvalue weighted by atomic mass is 10.2. The highest BCUT2D eigenvalue weighted by Crippen LogP contribution is 2.29. The smallest absolute Gasteiger partial charge is 0.233 e. The Morgan fingerprint density at radius 1 is 1.33 bits per heavy atom. The minimum absolute atomic E-state index is 0.0497. The summed E-state index contributed by atoms with van der Waals surface area (Å²) in [7, 11) is 0. The number of nitrogens with one attached hydrogen (secondary N) is 1. The Kier molecular flexibility index (Phi) is 6.52. The molecule has 1 aromatic heterocycles. The zero-order valence-corrected chi connectivity index (χ0v) is 16.5. The number of carbonyl (C=O) groups excluding carboxylic acids is 1. The van der Waals surface area contributed by atoms with Gasteiger partial charge in [-0.05, 0) is 26.0 Å². The van der Waals surface area contributed by atoms with E-state index in [1.807, 2.05) is 11.5 Å². The number of carbonyl (C=O) groups is 1. The second kappa shape index (κ2) is 9.05. The number of aromatic nitrogens is 3. The molecule has 1 atom stereocenters. The number of anilines is 1. The van der Waals surface area contributed by atoms with Crippen molar-refractivity contribution < 1.29 is 9.53 Å². The molecule has 1 aliphatic heterocycles. The fourth-order valence-corrected chi connectivity index (χ4v) is 3.64. The van der Waals surface area contributed by atoms with Crippen molar-refractivity contribution in [2.75, 3.05) is 37.7 Å². The van der Waals surface area contributed by atoms with Gasteiger partial charge in [-0.25, -0.2) is 0 Å². The Labute approximate surface area is 163 Å². The number of nitrogens with zero attached hydrogens (tertiary/aromatic N) is 4. The van der Waals surface area contributed by atoms with Crippen LogP contribution in [0.25, 0.3) is 5.69 Å². The molecule has 1 amide bonds. The predicted molar refractivity (Wildman–Crippen MR) is 108 cm³/mol. The van der Waals surface area contributed by atoms with Crippen LogP contribution in [0, 0.1) is 6.92 Å². The molecule has 2 heterocycles. The van der Waals surface area contributed by atoms with Crippen LogP contribution < -0.4 is 10.2 Å². The van der Waals surface area contributed by atoms with Gasteiger partial charge < -0.3 is 15.0 Å². The molecule has 0 spiro atoms. The van der Waals surface area contributed by atoms with E-state index in [0.29, 0.717) is 24.9 Å². The molecule has 1 aromatic carbocycles. The molecule has 27 heavy (non-hydrogen) atoms. The highest BCUT2D eigenvalue weighted by atomic mass is 32.2. The molecule has 0 radical (unpaired) electrons. The zero-order chi connectivity index (χ0) is 19.2. The van der Waals surface area contributed by atoms with Gasteiger partial charge in [0.1, 0.15) is 0 Å². The number of benzene rings is 1. The van der Waals surface area contributed by atoms with Crippen LogP contribution in [0.2, 0.25) is 0 Å². The number of ether oxygens (including phenoxy) is 1. The van der Waals surface area contributed by atoms with E-state index >= 15 is 0 Å². The van der Waals surface area contributed by atoms with Gasteiger partial charge in [0.2, 0.25) is 11.9 Å². The highest BCUT2D eigenvalue weighted by Gasteiger charge is 2.24. The Hall–Kier alpha value is -2.32. The fraction of sp³-hybridized carbons (Fsp3) is 0.421. The largest absolute Gasteiger partial charge is 0.378 e. The van der Waals surface area contributed by atoms with E-state index in [1.165, 1.54) is 17.3 Å². The van der Waals surface area contributed by atoms with E-state index in [-0.39, 0.29) is 11.2 Å². The molecule has 8 heteroatoms. The molecule has 144 valence electrons. The number of morpholine rings is 1. The summed E-state index contributed by atoms with van der Waals surface area (Å²) in [5.41, 5.74) is 2.17. The van der Waals surface area contributed by atoms with Gasteiger partial charge in [-0.15, -0.1) is 16.8 Å². The second-order valence-corrected chi connectivity index (χ2v) is 7.65. The molecule has 2 aromatic rings. The molecule has 7 nitrogen and oxygen atoms in total. The van der Waals surface area contributed by atoms with Crippen molar-refractivity contribution in [2.45, 2.75) is 24.3 Å². The lowest BCUT2D eigenvalue weighted by molar-refractivity contribution is -0.120. The quantitative estimate of drug-likeness (QED) is 0.580. The summed E-state index contributed by atoms with van der Waals surface area (Å²) in [6.07, 6.45) is 1.67. The topological polar surface area (TPSA) is 72.3 Å². The van der Waals surface area contributed by atoms with Crippen LogP contribution >= 0.6 is 11.8 Å². The van der Waals surface area contributed by atoms with Crippen LogP contribution in [0.1, 0.15) is 12.5 Å². The van der Waals surface area contributed by atoms with Gasteiger partial charge in [0.15, 0.2) is 5.16 Å². The molecule has 3 rings (SSSR count). The average Bonchev–Trinajstić information content (AvgIpc) is 3.10. The molecular formula is C19H25N5O2S. The molecule has 0 aliphatic carbocycles. The van der Waals surface area contributed by atoms with Gasteiger partial charge in [0.25, 0.3) is 0 Å². The summed E-state index contributed by atoms with van der Waals surface area (Å²) in [4.78, 5) is 14.4. The molecule has 1 aliphatic rings. The van der Waals surface area contributed by atoms with E-state index in [0.717, 1.165) is 24.7 Å². The Morgan fingerprint density at radius 3 is 2.70 bits per heavy atom. The van der Waals surface area contributed by atoms with E-state index in [2.05, 4.69) is 58.2 Å². The summed E-state index contributed by atoms with van der Waals surface area (Å²) >= 11 is 1.40. The summed E-state index contributed by atoms with van der Waals surface area (Å²) in [6, 6.07) is 8.23. The minimum Gasteiger partial charge on any atom is -0.378 e. The van der Waals surface area contributed by atoms with Gasteiger partial charge in [-0.3, -0.25) is 9.36 Å². The average molecular weight is 388 g/mol. The van der Waals surface area contributed by atoms with Crippen molar-refractivity contribution >= 4 is 23.6 Å². The standard InChI is InChI=1S/C19H25N5O2S/c1-4-9-20-17(25)15(3)27-19-22-21-18(23-10-12-26-13-11-23)24(19)16-7-5-14(2)6-8-16/h4-8,15H,1,9-13H2,2-3H3,(H,20,25). The highest BCUT2D eigenvalue weighted by molar-refractivity contribution is 8.00. The first-order chi connectivity index (χ1) is 13.1. The normalized spacial score (nSPS) is 15.4. The molecule has 0 saturated carbocycles. The number of hydrogen-bond acceptors (Lipinski definition) is 6. The van der Waals surface area contributed by atoms with Crippen molar-refractivity contribution in [1.82, 2.24) is 20.1 Å². The van der Waals surface area contributed by atoms with E-state index in [4.69, 9.17) is 4.74 Å². The van der Waals surface area contributed by atoms with Crippen molar-refractivity contribution in [2.24, 2.45) is 0 Å². The lowest BCUT2D eigenvalue weighted by Gasteiger charge is -2.28. The number of amides is 1. The minimum atomic E-state index is -0.295. The maximum Gasteiger partial charge on any atom is 0.233 e. The first-order valence-corrected chi connectivity index (χ1v) is 9.88. The summed E-state index contributed by atoms with van der Waals surface area (Å²) in [5, 5.41) is 12.0. The molecule has 0 bridgehead atoms. The number of thioether (sulfide) groups is 1. The number of hydrogen-bond donors (Lipinski definition) is 1. The third-order valence-electron chi connectivity index (χ3n) is 4.27. The van der Waals surface area contributed by atoms with Crippen LogP contribution in [0.3, 0.4) is 0 Å². The van der Waals surface area contributed by atoms with Crippen molar-refractivity contribution in [3.63, 3.8) is 0 Å². The molecule has 1 fully saturated rings. The SMILES string of the molecule is C=CCNC(=O)C(C)Sc1nnc(N2CCOCC2)n1-c1ccc(C)cc1. The van der Waals surface area contributed by atoms with Crippen LogP contribution in [0.15, 0.2) is 42.1 Å². The van der Waals surface area contributed by atoms with E-state index < -0.39 is 0 Å². The first kappa shape index (κ1) is 19.4. The fourth-order valence-electron chi connectivity index (χ4n) is 2.75. The monoisotopic (exact) mass is 387 g/mol. The third kappa shape index (κ3) is 4.70. The van der Waals surface area contributed by atoms with Gasteiger partial charge in [0.05, 0.1) is 24.2 Å². The van der Waals surface area contributed by atoms with E-state index in [9.17, 15) is 4.79 Å². The van der Waals surface area contributed by atoms with Gasteiger partial charge in [0, 0.05) is 19.6 Å². The van der Waals surface area contributed by atoms with Crippen molar-refractivity contribution in [3.8, 4) is 5.69 Å². The lowest BCUT2D eigenvalue weighted by Crippen LogP contribution is -2.38. The first-order valence-electron chi connectivity index (χ1n) is 9.00. The van der Waals surface area contributed by atoms with Gasteiger partial charge in [-0.1, -0.05) is 35.5 Å². The molecule has 1 N–H and O–H groups in total. The van der Waals surface area contributed by atoms with Crippen LogP contribution in [-0.4, -0.2) is 58.8 Å². The summed E-state index contributed by atoms with van der Waals surface area (Å²) in [6.45, 7) is 10.9. The predicted octanol–water partition coefficient (Wildman–Crippen LogP) is 2.20. The zero-order valence-electron chi connectivity index (χ0n) is 15.7. The Bertz CT molecular complexity index is 784. The van der Waals surface area contributed by atoms with Crippen molar-refractivity contribution in [3.05, 3.63) is 42.5 Å². The Morgan fingerprint density at radius 2 is 2.04 bits per heavy atom. The second-order valence-electron chi connectivity index (χ2n) is 6.35.